The Hall–Kier alpha value is -2.68. The van der Waals surface area contributed by atoms with E-state index in [9.17, 15) is 9.59 Å². The lowest BCUT2D eigenvalue weighted by Gasteiger charge is -2.39. The maximum atomic E-state index is 12.8. The quantitative estimate of drug-likeness (QED) is 0.253. The number of benzene rings is 2. The molecule has 0 aliphatic carbocycles. The molecular formula is C28H35NO2. The van der Waals surface area contributed by atoms with Gasteiger partial charge in [0.1, 0.15) is 0 Å². The summed E-state index contributed by atoms with van der Waals surface area (Å²) in [5.41, 5.74) is 4.67. The molecule has 0 spiro atoms. The first-order chi connectivity index (χ1) is 14.8. The zero-order valence-electron chi connectivity index (χ0n) is 19.4. The molecule has 0 bridgehead atoms. The Morgan fingerprint density at radius 1 is 1.03 bits per heavy atom. The molecule has 0 unspecified atom stereocenters. The smallest absolute Gasteiger partial charge is 0.227 e. The van der Waals surface area contributed by atoms with Crippen LogP contribution < -0.4 is 4.90 Å². The molecule has 164 valence electrons. The molecule has 3 nitrogen and oxygen atoms in total. The molecule has 0 saturated carbocycles. The van der Waals surface area contributed by atoms with Crippen LogP contribution in [0.15, 0.2) is 48.5 Å². The van der Waals surface area contributed by atoms with Gasteiger partial charge in [-0.2, -0.15) is 0 Å². The van der Waals surface area contributed by atoms with E-state index < -0.39 is 0 Å². The molecule has 1 heterocycles. The van der Waals surface area contributed by atoms with Crippen LogP contribution in [0.2, 0.25) is 0 Å². The fourth-order valence-corrected chi connectivity index (χ4v) is 4.23. The molecule has 1 amide bonds. The van der Waals surface area contributed by atoms with Crippen molar-refractivity contribution in [3.05, 3.63) is 70.8 Å². The number of nitrogens with zero attached hydrogens (tertiary/aromatic N) is 1. The van der Waals surface area contributed by atoms with E-state index in [1.807, 2.05) is 60.4 Å². The van der Waals surface area contributed by atoms with Crippen LogP contribution in [0.4, 0.5) is 5.69 Å². The molecule has 2 aromatic carbocycles. The third-order valence-corrected chi connectivity index (χ3v) is 6.18. The summed E-state index contributed by atoms with van der Waals surface area (Å²) in [7, 11) is 0. The van der Waals surface area contributed by atoms with Crippen molar-refractivity contribution in [2.45, 2.75) is 71.6 Å². The molecule has 0 atom stereocenters. The van der Waals surface area contributed by atoms with Gasteiger partial charge in [-0.1, -0.05) is 82.4 Å². The number of anilines is 1. The normalized spacial score (nSPS) is 15.4. The van der Waals surface area contributed by atoms with Crippen LogP contribution in [0, 0.1) is 6.92 Å². The zero-order valence-corrected chi connectivity index (χ0v) is 19.4. The van der Waals surface area contributed by atoms with Crippen molar-refractivity contribution in [2.24, 2.45) is 0 Å². The number of aryl methyl sites for hydroxylation is 1. The number of carbonyl (C=O) groups is 2. The Kier molecular flexibility index (Phi) is 7.48. The molecular weight excluding hydrogens is 382 g/mol. The van der Waals surface area contributed by atoms with Crippen molar-refractivity contribution < 1.29 is 9.59 Å². The number of rotatable bonds is 9. The summed E-state index contributed by atoms with van der Waals surface area (Å²) in [6.07, 6.45) is 9.83. The van der Waals surface area contributed by atoms with Gasteiger partial charge in [0.2, 0.25) is 5.91 Å². The summed E-state index contributed by atoms with van der Waals surface area (Å²) in [6.45, 7) is 9.21. The first-order valence-electron chi connectivity index (χ1n) is 11.6. The highest BCUT2D eigenvalue weighted by molar-refractivity contribution is 6.08. The Morgan fingerprint density at radius 3 is 2.45 bits per heavy atom. The van der Waals surface area contributed by atoms with Gasteiger partial charge in [-0.15, -0.1) is 0 Å². The highest BCUT2D eigenvalue weighted by Gasteiger charge is 2.36. The van der Waals surface area contributed by atoms with Crippen LogP contribution in [0.3, 0.4) is 0 Å². The molecule has 0 N–H and O–H groups in total. The third-order valence-electron chi connectivity index (χ3n) is 6.18. The third kappa shape index (κ3) is 5.72. The van der Waals surface area contributed by atoms with Gasteiger partial charge in [0.25, 0.3) is 0 Å². The maximum absolute atomic E-state index is 12.8. The first-order valence-corrected chi connectivity index (χ1v) is 11.6. The van der Waals surface area contributed by atoms with Crippen molar-refractivity contribution >= 4 is 23.5 Å². The number of fused-ring (bicyclic) bond motifs is 1. The predicted octanol–water partition coefficient (Wildman–Crippen LogP) is 6.88. The molecule has 0 fully saturated rings. The van der Waals surface area contributed by atoms with Gasteiger partial charge in [0.05, 0.1) is 0 Å². The average Bonchev–Trinajstić information content (AvgIpc) is 2.74. The van der Waals surface area contributed by atoms with Crippen molar-refractivity contribution in [3.8, 4) is 0 Å². The summed E-state index contributed by atoms with van der Waals surface area (Å²) in [4.78, 5) is 27.6. The van der Waals surface area contributed by atoms with E-state index in [0.717, 1.165) is 36.2 Å². The number of carbonyl (C=O) groups excluding carboxylic acids is 2. The predicted molar refractivity (Wildman–Crippen MR) is 130 cm³/mol. The number of ketones is 1. The van der Waals surface area contributed by atoms with Crippen molar-refractivity contribution in [1.29, 1.82) is 0 Å². The summed E-state index contributed by atoms with van der Waals surface area (Å²) < 4.78 is 0. The van der Waals surface area contributed by atoms with E-state index in [2.05, 4.69) is 20.8 Å². The van der Waals surface area contributed by atoms with E-state index in [-0.39, 0.29) is 17.1 Å². The molecule has 3 rings (SSSR count). The Labute approximate surface area is 187 Å². The monoisotopic (exact) mass is 417 g/mol. The second-order valence-corrected chi connectivity index (χ2v) is 9.36. The van der Waals surface area contributed by atoms with E-state index in [1.165, 1.54) is 24.8 Å². The molecule has 3 heteroatoms. The van der Waals surface area contributed by atoms with Gasteiger partial charge >= 0.3 is 0 Å². The largest absolute Gasteiger partial charge is 0.312 e. The number of hydrogen-bond donors (Lipinski definition) is 0. The molecule has 1 aliphatic heterocycles. The summed E-state index contributed by atoms with van der Waals surface area (Å²) in [6, 6.07) is 13.9. The van der Waals surface area contributed by atoms with Crippen LogP contribution in [0.5, 0.6) is 0 Å². The van der Waals surface area contributed by atoms with Gasteiger partial charge in [-0.25, -0.2) is 0 Å². The Bertz CT molecular complexity index is 953. The Balaban J connectivity index is 1.79. The number of amides is 1. The van der Waals surface area contributed by atoms with Crippen LogP contribution in [-0.4, -0.2) is 18.2 Å². The topological polar surface area (TPSA) is 37.4 Å². The van der Waals surface area contributed by atoms with E-state index >= 15 is 0 Å². The van der Waals surface area contributed by atoms with Gasteiger partial charge in [0.15, 0.2) is 5.78 Å². The van der Waals surface area contributed by atoms with Gasteiger partial charge in [0, 0.05) is 29.6 Å². The van der Waals surface area contributed by atoms with Crippen LogP contribution in [-0.2, 0) is 10.2 Å². The van der Waals surface area contributed by atoms with E-state index in [4.69, 9.17) is 0 Å². The molecule has 0 saturated heterocycles. The van der Waals surface area contributed by atoms with E-state index in [0.29, 0.717) is 12.0 Å². The molecule has 0 radical (unpaired) electrons. The summed E-state index contributed by atoms with van der Waals surface area (Å²) in [5, 5.41) is 0. The van der Waals surface area contributed by atoms with Crippen LogP contribution in [0.1, 0.15) is 86.3 Å². The van der Waals surface area contributed by atoms with Gasteiger partial charge in [-0.3, -0.25) is 9.59 Å². The standard InChI is InChI=1S/C28H35NO2/c1-5-6-7-8-9-18-29-25-16-15-23(19-24(25)28(3,4)20-27(29)31)26(30)17-14-22-12-10-21(2)11-13-22/h10-17,19H,5-9,18,20H2,1-4H3/b17-14+. The lowest BCUT2D eigenvalue weighted by atomic mass is 9.76. The van der Waals surface area contributed by atoms with Crippen molar-refractivity contribution in [1.82, 2.24) is 0 Å². The fraction of sp³-hybridized carbons (Fsp3) is 0.429. The molecule has 1 aliphatic rings. The highest BCUT2D eigenvalue weighted by atomic mass is 16.2. The first kappa shape index (κ1) is 23.0. The maximum Gasteiger partial charge on any atom is 0.227 e. The van der Waals surface area contributed by atoms with Crippen LogP contribution >= 0.6 is 0 Å². The average molecular weight is 418 g/mol. The van der Waals surface area contributed by atoms with Crippen molar-refractivity contribution in [2.75, 3.05) is 11.4 Å². The second kappa shape index (κ2) is 10.1. The van der Waals surface area contributed by atoms with Crippen molar-refractivity contribution in [3.63, 3.8) is 0 Å². The SMILES string of the molecule is CCCCCCCN1C(=O)CC(C)(C)c2cc(C(=O)/C=C/c3ccc(C)cc3)ccc21. The lowest BCUT2D eigenvalue weighted by molar-refractivity contribution is -0.120. The fourth-order valence-electron chi connectivity index (χ4n) is 4.23. The number of hydrogen-bond acceptors (Lipinski definition) is 2. The van der Waals surface area contributed by atoms with E-state index in [1.54, 1.807) is 6.08 Å². The minimum Gasteiger partial charge on any atom is -0.312 e. The summed E-state index contributed by atoms with van der Waals surface area (Å²) >= 11 is 0. The molecule has 2 aromatic rings. The Morgan fingerprint density at radius 2 is 1.74 bits per heavy atom. The summed E-state index contributed by atoms with van der Waals surface area (Å²) in [5.74, 6) is 0.175. The lowest BCUT2D eigenvalue weighted by Crippen LogP contribution is -2.42. The number of unbranched alkanes of at least 4 members (excludes halogenated alkanes) is 4. The van der Waals surface area contributed by atoms with Gasteiger partial charge in [-0.05, 0) is 48.7 Å². The second-order valence-electron chi connectivity index (χ2n) is 9.36. The highest BCUT2D eigenvalue weighted by Crippen LogP contribution is 2.41. The number of allylic oxidation sites excluding steroid dienone is 1. The molecule has 31 heavy (non-hydrogen) atoms. The van der Waals surface area contributed by atoms with Gasteiger partial charge < -0.3 is 4.90 Å². The molecule has 0 aromatic heterocycles. The van der Waals surface area contributed by atoms with Crippen LogP contribution in [0.25, 0.3) is 6.08 Å². The minimum absolute atomic E-state index is 0.0119. The zero-order chi connectivity index (χ0) is 22.4. The minimum atomic E-state index is -0.276.